The minimum absolute atomic E-state index is 0.0103. The highest BCUT2D eigenvalue weighted by atomic mass is 35.5. The molecule has 0 spiro atoms. The molecule has 0 aromatic heterocycles. The SMILES string of the molecule is Cc1cccc(NC(=O)CN2CCN(C(C)C(=O)Nc3cccc(Cl)c3)CC2)c1C. The van der Waals surface area contributed by atoms with Crippen molar-refractivity contribution in [2.75, 3.05) is 43.4 Å². The van der Waals surface area contributed by atoms with Gasteiger partial charge in [-0.2, -0.15) is 0 Å². The fraction of sp³-hybridized carbons (Fsp3) is 0.391. The number of nitrogens with zero attached hydrogens (tertiary/aromatic N) is 2. The van der Waals surface area contributed by atoms with Crippen LogP contribution in [0.15, 0.2) is 42.5 Å². The molecule has 0 radical (unpaired) electrons. The van der Waals surface area contributed by atoms with E-state index in [0.717, 1.165) is 43.0 Å². The Balaban J connectivity index is 1.46. The molecule has 2 N–H and O–H groups in total. The molecule has 1 unspecified atom stereocenters. The summed E-state index contributed by atoms with van der Waals surface area (Å²) >= 11 is 5.98. The van der Waals surface area contributed by atoms with Gasteiger partial charge in [-0.15, -0.1) is 0 Å². The summed E-state index contributed by atoms with van der Waals surface area (Å²) in [5.74, 6) is -0.0673. The Morgan fingerprint density at radius 2 is 1.73 bits per heavy atom. The molecule has 1 aliphatic rings. The zero-order chi connectivity index (χ0) is 21.7. The molecule has 0 aliphatic carbocycles. The van der Waals surface area contributed by atoms with Crippen molar-refractivity contribution >= 4 is 34.8 Å². The molecule has 1 atom stereocenters. The molecule has 1 saturated heterocycles. The molecule has 30 heavy (non-hydrogen) atoms. The van der Waals surface area contributed by atoms with Crippen LogP contribution >= 0.6 is 11.6 Å². The zero-order valence-corrected chi connectivity index (χ0v) is 18.5. The Morgan fingerprint density at radius 3 is 2.43 bits per heavy atom. The predicted octanol–water partition coefficient (Wildman–Crippen LogP) is 3.54. The van der Waals surface area contributed by atoms with Crippen LogP contribution in [-0.4, -0.2) is 60.4 Å². The van der Waals surface area contributed by atoms with Gasteiger partial charge in [0, 0.05) is 42.6 Å². The molecule has 160 valence electrons. The molecule has 7 heteroatoms. The average Bonchev–Trinajstić information content (AvgIpc) is 2.71. The number of aryl methyl sites for hydroxylation is 1. The maximum Gasteiger partial charge on any atom is 0.241 e. The van der Waals surface area contributed by atoms with Crippen LogP contribution in [0.3, 0.4) is 0 Å². The lowest BCUT2D eigenvalue weighted by Gasteiger charge is -2.37. The van der Waals surface area contributed by atoms with Gasteiger partial charge in [-0.05, 0) is 56.2 Å². The predicted molar refractivity (Wildman–Crippen MR) is 122 cm³/mol. The fourth-order valence-corrected chi connectivity index (χ4v) is 3.76. The number of rotatable bonds is 6. The van der Waals surface area contributed by atoms with E-state index in [9.17, 15) is 9.59 Å². The van der Waals surface area contributed by atoms with Crippen LogP contribution in [0.2, 0.25) is 5.02 Å². The third-order valence-corrected chi connectivity index (χ3v) is 5.91. The van der Waals surface area contributed by atoms with Gasteiger partial charge in [-0.3, -0.25) is 19.4 Å². The number of hydrogen-bond acceptors (Lipinski definition) is 4. The summed E-state index contributed by atoms with van der Waals surface area (Å²) in [5.41, 5.74) is 3.81. The molecule has 3 rings (SSSR count). The molecule has 1 fully saturated rings. The van der Waals surface area contributed by atoms with E-state index in [1.165, 1.54) is 0 Å². The standard InChI is InChI=1S/C23H29ClN4O2/c1-16-6-4-9-21(17(16)2)26-22(29)15-27-10-12-28(13-11-27)18(3)23(30)25-20-8-5-7-19(24)14-20/h4-9,14,18H,10-13,15H2,1-3H3,(H,25,30)(H,26,29). The van der Waals surface area contributed by atoms with Crippen LogP contribution in [-0.2, 0) is 9.59 Å². The van der Waals surface area contributed by atoms with E-state index < -0.39 is 0 Å². The summed E-state index contributed by atoms with van der Waals surface area (Å²) in [6.45, 7) is 9.27. The molecular weight excluding hydrogens is 400 g/mol. The number of anilines is 2. The van der Waals surface area contributed by atoms with Crippen LogP contribution in [0.1, 0.15) is 18.1 Å². The number of carbonyl (C=O) groups is 2. The summed E-state index contributed by atoms with van der Waals surface area (Å²) in [4.78, 5) is 29.3. The number of carbonyl (C=O) groups excluding carboxylic acids is 2. The number of amides is 2. The van der Waals surface area contributed by atoms with E-state index in [0.29, 0.717) is 17.3 Å². The third-order valence-electron chi connectivity index (χ3n) is 5.67. The second kappa shape index (κ2) is 10.1. The maximum absolute atomic E-state index is 12.6. The second-order valence-electron chi connectivity index (χ2n) is 7.78. The van der Waals surface area contributed by atoms with E-state index in [2.05, 4.69) is 20.4 Å². The first-order chi connectivity index (χ1) is 14.3. The summed E-state index contributed by atoms with van der Waals surface area (Å²) in [5, 5.41) is 6.52. The van der Waals surface area contributed by atoms with Crippen LogP contribution < -0.4 is 10.6 Å². The highest BCUT2D eigenvalue weighted by molar-refractivity contribution is 6.30. The largest absolute Gasteiger partial charge is 0.325 e. The van der Waals surface area contributed by atoms with Crippen LogP contribution in [0.4, 0.5) is 11.4 Å². The van der Waals surface area contributed by atoms with Crippen molar-refractivity contribution in [3.8, 4) is 0 Å². The summed E-state index contributed by atoms with van der Waals surface area (Å²) < 4.78 is 0. The maximum atomic E-state index is 12.6. The Labute approximate surface area is 183 Å². The lowest BCUT2D eigenvalue weighted by atomic mass is 10.1. The first kappa shape index (κ1) is 22.3. The van der Waals surface area contributed by atoms with Crippen molar-refractivity contribution in [1.82, 2.24) is 9.80 Å². The molecule has 2 amide bonds. The molecule has 0 saturated carbocycles. The number of nitrogens with one attached hydrogen (secondary N) is 2. The van der Waals surface area contributed by atoms with Crippen molar-refractivity contribution < 1.29 is 9.59 Å². The Bertz CT molecular complexity index is 910. The van der Waals surface area contributed by atoms with E-state index in [4.69, 9.17) is 11.6 Å². The van der Waals surface area contributed by atoms with Gasteiger partial charge >= 0.3 is 0 Å². The van der Waals surface area contributed by atoms with Crippen molar-refractivity contribution in [1.29, 1.82) is 0 Å². The molecule has 1 heterocycles. The number of halogens is 1. The average molecular weight is 429 g/mol. The Morgan fingerprint density at radius 1 is 1.03 bits per heavy atom. The molecule has 1 aliphatic heterocycles. The summed E-state index contributed by atoms with van der Waals surface area (Å²) in [6, 6.07) is 12.8. The van der Waals surface area contributed by atoms with Gasteiger partial charge in [0.05, 0.1) is 12.6 Å². The Kier molecular flexibility index (Phi) is 7.48. The number of hydrogen-bond donors (Lipinski definition) is 2. The molecule has 6 nitrogen and oxygen atoms in total. The lowest BCUT2D eigenvalue weighted by molar-refractivity contribution is -0.122. The fourth-order valence-electron chi connectivity index (χ4n) is 3.57. The smallest absolute Gasteiger partial charge is 0.241 e. The molecule has 2 aromatic carbocycles. The third kappa shape index (κ3) is 5.81. The minimum atomic E-state index is -0.255. The van der Waals surface area contributed by atoms with Crippen molar-refractivity contribution in [2.45, 2.75) is 26.8 Å². The van der Waals surface area contributed by atoms with Gasteiger partial charge in [-0.25, -0.2) is 0 Å². The molecule has 2 aromatic rings. The van der Waals surface area contributed by atoms with Gasteiger partial charge in [0.15, 0.2) is 0 Å². The first-order valence-electron chi connectivity index (χ1n) is 10.2. The quantitative estimate of drug-likeness (QED) is 0.738. The van der Waals surface area contributed by atoms with E-state index in [-0.39, 0.29) is 17.9 Å². The molecule has 0 bridgehead atoms. The van der Waals surface area contributed by atoms with Crippen LogP contribution in [0, 0.1) is 13.8 Å². The monoisotopic (exact) mass is 428 g/mol. The topological polar surface area (TPSA) is 64.7 Å². The second-order valence-corrected chi connectivity index (χ2v) is 8.22. The normalized spacial score (nSPS) is 16.1. The van der Waals surface area contributed by atoms with Gasteiger partial charge in [0.1, 0.15) is 0 Å². The summed E-state index contributed by atoms with van der Waals surface area (Å²) in [6.07, 6.45) is 0. The highest BCUT2D eigenvalue weighted by Crippen LogP contribution is 2.18. The van der Waals surface area contributed by atoms with Gasteiger partial charge in [0.2, 0.25) is 11.8 Å². The van der Waals surface area contributed by atoms with E-state index >= 15 is 0 Å². The summed E-state index contributed by atoms with van der Waals surface area (Å²) in [7, 11) is 0. The molecular formula is C23H29ClN4O2. The van der Waals surface area contributed by atoms with Crippen molar-refractivity contribution in [2.24, 2.45) is 0 Å². The van der Waals surface area contributed by atoms with E-state index in [1.54, 1.807) is 12.1 Å². The van der Waals surface area contributed by atoms with Gasteiger partial charge < -0.3 is 10.6 Å². The zero-order valence-electron chi connectivity index (χ0n) is 17.7. The van der Waals surface area contributed by atoms with Gasteiger partial charge in [-0.1, -0.05) is 29.8 Å². The van der Waals surface area contributed by atoms with Crippen LogP contribution in [0.5, 0.6) is 0 Å². The van der Waals surface area contributed by atoms with Crippen LogP contribution in [0.25, 0.3) is 0 Å². The first-order valence-corrected chi connectivity index (χ1v) is 10.6. The number of piperazine rings is 1. The number of benzene rings is 2. The minimum Gasteiger partial charge on any atom is -0.325 e. The van der Waals surface area contributed by atoms with Gasteiger partial charge in [0.25, 0.3) is 0 Å². The van der Waals surface area contributed by atoms with Crippen molar-refractivity contribution in [3.63, 3.8) is 0 Å². The Hall–Kier alpha value is -2.41. The van der Waals surface area contributed by atoms with E-state index in [1.807, 2.05) is 51.1 Å². The van der Waals surface area contributed by atoms with Crippen molar-refractivity contribution in [3.05, 3.63) is 58.6 Å². The highest BCUT2D eigenvalue weighted by Gasteiger charge is 2.26. The lowest BCUT2D eigenvalue weighted by Crippen LogP contribution is -2.53.